The molecule has 0 saturated heterocycles. The molecule has 9 heteroatoms. The Hall–Kier alpha value is -3.52. The van der Waals surface area contributed by atoms with E-state index >= 15 is 0 Å². The van der Waals surface area contributed by atoms with Gasteiger partial charge in [0.05, 0.1) is 18.2 Å². The molecule has 1 heterocycles. The average molecular weight is 542 g/mol. The van der Waals surface area contributed by atoms with Gasteiger partial charge in [-0.25, -0.2) is 4.79 Å². The van der Waals surface area contributed by atoms with E-state index in [9.17, 15) is 14.7 Å². The van der Waals surface area contributed by atoms with Gasteiger partial charge in [-0.2, -0.15) is 0 Å². The molecular formula is C27H21Cl2NO5S. The van der Waals surface area contributed by atoms with E-state index < -0.39 is 11.9 Å². The number of hydrogen-bond acceptors (Lipinski definition) is 5. The lowest BCUT2D eigenvalue weighted by molar-refractivity contribution is 0.0698. The van der Waals surface area contributed by atoms with Crippen molar-refractivity contribution in [1.29, 1.82) is 0 Å². The fourth-order valence-corrected chi connectivity index (χ4v) is 5.10. The van der Waals surface area contributed by atoms with Crippen LogP contribution in [0.4, 0.5) is 5.00 Å². The molecule has 0 unspecified atom stereocenters. The molecule has 36 heavy (non-hydrogen) atoms. The topological polar surface area (TPSA) is 84.9 Å². The highest BCUT2D eigenvalue weighted by molar-refractivity contribution is 7.16. The van der Waals surface area contributed by atoms with E-state index in [0.29, 0.717) is 39.1 Å². The first-order valence-corrected chi connectivity index (χ1v) is 12.4. The van der Waals surface area contributed by atoms with Crippen LogP contribution < -0.4 is 14.8 Å². The maximum Gasteiger partial charge on any atom is 0.338 e. The van der Waals surface area contributed by atoms with Crippen LogP contribution in [0.15, 0.2) is 72.8 Å². The number of hydrogen-bond donors (Lipinski definition) is 2. The van der Waals surface area contributed by atoms with Crippen molar-refractivity contribution < 1.29 is 24.2 Å². The predicted octanol–water partition coefficient (Wildman–Crippen LogP) is 7.18. The molecule has 0 aliphatic heterocycles. The minimum absolute atomic E-state index is 0.0369. The van der Waals surface area contributed by atoms with Gasteiger partial charge in [-0.05, 0) is 48.0 Å². The molecule has 184 valence electrons. The molecule has 3 aromatic carbocycles. The van der Waals surface area contributed by atoms with E-state index in [4.69, 9.17) is 32.7 Å². The molecule has 6 nitrogen and oxygen atoms in total. The van der Waals surface area contributed by atoms with Gasteiger partial charge < -0.3 is 19.9 Å². The SMILES string of the molecule is COc1ccccc1C(=O)Nc1sc(Cc2ccc(OCc3c(Cl)cccc3Cl)cc2)cc1C(=O)O. The summed E-state index contributed by atoms with van der Waals surface area (Å²) in [6.45, 7) is 0.236. The Morgan fingerprint density at radius 1 is 0.944 bits per heavy atom. The second kappa shape index (κ2) is 11.5. The molecular weight excluding hydrogens is 521 g/mol. The zero-order chi connectivity index (χ0) is 25.7. The second-order valence-corrected chi connectivity index (χ2v) is 9.68. The number of methoxy groups -OCH3 is 1. The zero-order valence-electron chi connectivity index (χ0n) is 19.1. The number of nitrogens with one attached hydrogen (secondary N) is 1. The van der Waals surface area contributed by atoms with Gasteiger partial charge in [-0.1, -0.05) is 53.5 Å². The lowest BCUT2D eigenvalue weighted by Gasteiger charge is -2.10. The summed E-state index contributed by atoms with van der Waals surface area (Å²) in [7, 11) is 1.47. The highest BCUT2D eigenvalue weighted by Gasteiger charge is 2.20. The van der Waals surface area contributed by atoms with Crippen molar-refractivity contribution in [1.82, 2.24) is 0 Å². The molecule has 0 radical (unpaired) electrons. The molecule has 0 aliphatic rings. The number of ether oxygens (including phenoxy) is 2. The fraction of sp³-hybridized carbons (Fsp3) is 0.111. The number of carboxylic acids is 1. The van der Waals surface area contributed by atoms with Crippen molar-refractivity contribution in [2.75, 3.05) is 12.4 Å². The number of aromatic carboxylic acids is 1. The Morgan fingerprint density at radius 3 is 2.31 bits per heavy atom. The maximum atomic E-state index is 12.8. The molecule has 0 bridgehead atoms. The number of benzene rings is 3. The van der Waals surface area contributed by atoms with E-state index in [0.717, 1.165) is 10.4 Å². The Bertz CT molecular complexity index is 1380. The molecule has 0 atom stereocenters. The molecule has 0 saturated carbocycles. The van der Waals surface area contributed by atoms with E-state index in [2.05, 4.69) is 5.32 Å². The lowest BCUT2D eigenvalue weighted by Crippen LogP contribution is -2.14. The number of para-hydroxylation sites is 1. The third kappa shape index (κ3) is 5.99. The fourth-order valence-electron chi connectivity index (χ4n) is 3.51. The third-order valence-corrected chi connectivity index (χ3v) is 7.10. The summed E-state index contributed by atoms with van der Waals surface area (Å²) in [4.78, 5) is 25.4. The summed E-state index contributed by atoms with van der Waals surface area (Å²) in [5, 5.41) is 13.7. The first-order chi connectivity index (χ1) is 17.4. The van der Waals surface area contributed by atoms with Gasteiger partial charge >= 0.3 is 5.97 Å². The minimum Gasteiger partial charge on any atom is -0.496 e. The Balaban J connectivity index is 1.45. The van der Waals surface area contributed by atoms with Gasteiger partial charge in [0.1, 0.15) is 23.1 Å². The van der Waals surface area contributed by atoms with Crippen LogP contribution in [-0.4, -0.2) is 24.1 Å². The van der Waals surface area contributed by atoms with Gasteiger partial charge in [0.25, 0.3) is 5.91 Å². The number of rotatable bonds is 9. The zero-order valence-corrected chi connectivity index (χ0v) is 21.4. The summed E-state index contributed by atoms with van der Waals surface area (Å²) in [5.74, 6) is -0.502. The summed E-state index contributed by atoms with van der Waals surface area (Å²) in [6, 6.07) is 21.1. The Labute approximate surface area is 222 Å². The van der Waals surface area contributed by atoms with Crippen molar-refractivity contribution in [3.8, 4) is 11.5 Å². The van der Waals surface area contributed by atoms with Crippen LogP contribution in [0.2, 0.25) is 10.0 Å². The van der Waals surface area contributed by atoms with Crippen LogP contribution >= 0.6 is 34.5 Å². The molecule has 2 N–H and O–H groups in total. The maximum absolute atomic E-state index is 12.8. The Morgan fingerprint density at radius 2 is 1.64 bits per heavy atom. The molecule has 0 spiro atoms. The van der Waals surface area contributed by atoms with Crippen LogP contribution in [0.3, 0.4) is 0 Å². The molecule has 0 fully saturated rings. The molecule has 4 rings (SSSR count). The van der Waals surface area contributed by atoms with Crippen molar-refractivity contribution in [3.05, 3.63) is 110 Å². The van der Waals surface area contributed by atoms with Gasteiger partial charge in [0.15, 0.2) is 0 Å². The number of anilines is 1. The average Bonchev–Trinajstić information content (AvgIpc) is 3.27. The first-order valence-electron chi connectivity index (χ1n) is 10.8. The van der Waals surface area contributed by atoms with Crippen molar-refractivity contribution in [2.45, 2.75) is 13.0 Å². The third-order valence-electron chi connectivity index (χ3n) is 5.34. The van der Waals surface area contributed by atoms with Gasteiger partial charge in [0, 0.05) is 26.9 Å². The number of carboxylic acid groups (broad SMARTS) is 1. The Kier molecular flexibility index (Phi) is 8.15. The van der Waals surface area contributed by atoms with Crippen LogP contribution in [-0.2, 0) is 13.0 Å². The number of carbonyl (C=O) groups excluding carboxylic acids is 1. The van der Waals surface area contributed by atoms with Crippen LogP contribution in [0, 0.1) is 0 Å². The molecule has 1 amide bonds. The van der Waals surface area contributed by atoms with Crippen molar-refractivity contribution >= 4 is 51.4 Å². The lowest BCUT2D eigenvalue weighted by atomic mass is 10.1. The quantitative estimate of drug-likeness (QED) is 0.234. The normalized spacial score (nSPS) is 10.6. The van der Waals surface area contributed by atoms with E-state index in [1.165, 1.54) is 18.4 Å². The summed E-state index contributed by atoms with van der Waals surface area (Å²) in [6.07, 6.45) is 0.492. The summed E-state index contributed by atoms with van der Waals surface area (Å²) < 4.78 is 11.0. The van der Waals surface area contributed by atoms with E-state index in [1.807, 2.05) is 24.3 Å². The number of amides is 1. The van der Waals surface area contributed by atoms with E-state index in [1.54, 1.807) is 48.5 Å². The monoisotopic (exact) mass is 541 g/mol. The molecule has 4 aromatic rings. The summed E-state index contributed by atoms with van der Waals surface area (Å²) in [5.41, 5.74) is 2.03. The van der Waals surface area contributed by atoms with Crippen molar-refractivity contribution in [2.24, 2.45) is 0 Å². The number of halogens is 2. The van der Waals surface area contributed by atoms with Gasteiger partial charge in [-0.15, -0.1) is 11.3 Å². The van der Waals surface area contributed by atoms with Crippen molar-refractivity contribution in [3.63, 3.8) is 0 Å². The second-order valence-electron chi connectivity index (χ2n) is 7.72. The largest absolute Gasteiger partial charge is 0.496 e. The van der Waals surface area contributed by atoms with Gasteiger partial charge in [-0.3, -0.25) is 4.79 Å². The first kappa shape index (κ1) is 25.6. The summed E-state index contributed by atoms with van der Waals surface area (Å²) >= 11 is 13.6. The highest BCUT2D eigenvalue weighted by Crippen LogP contribution is 2.32. The van der Waals surface area contributed by atoms with E-state index in [-0.39, 0.29) is 17.2 Å². The standard InChI is InChI=1S/C27H21Cl2NO5S/c1-34-24-8-3-2-5-19(24)25(31)30-26-20(27(32)33)14-18(36-26)13-16-9-11-17(12-10-16)35-15-21-22(28)6-4-7-23(21)29/h2-12,14H,13,15H2,1H3,(H,30,31)(H,32,33). The molecule has 0 aliphatic carbocycles. The number of carbonyl (C=O) groups is 2. The van der Waals surface area contributed by atoms with Crippen LogP contribution in [0.25, 0.3) is 0 Å². The van der Waals surface area contributed by atoms with Crippen LogP contribution in [0.5, 0.6) is 11.5 Å². The predicted molar refractivity (Wildman–Crippen MR) is 142 cm³/mol. The van der Waals surface area contributed by atoms with Gasteiger partial charge in [0.2, 0.25) is 0 Å². The molecule has 1 aromatic heterocycles. The number of thiophene rings is 1. The smallest absolute Gasteiger partial charge is 0.338 e. The minimum atomic E-state index is -1.12. The highest BCUT2D eigenvalue weighted by atomic mass is 35.5. The van der Waals surface area contributed by atoms with Crippen LogP contribution in [0.1, 0.15) is 36.7 Å².